The molecule has 0 radical (unpaired) electrons. The summed E-state index contributed by atoms with van der Waals surface area (Å²) in [6, 6.07) is 0. The van der Waals surface area contributed by atoms with E-state index in [1.807, 2.05) is 0 Å². The van der Waals surface area contributed by atoms with Gasteiger partial charge in [0.2, 0.25) is 0 Å². The summed E-state index contributed by atoms with van der Waals surface area (Å²) in [5.74, 6) is 0. The molecule has 0 saturated heterocycles. The number of aromatic nitrogens is 3. The van der Waals surface area contributed by atoms with Gasteiger partial charge in [-0.15, -0.1) is 5.10 Å². The predicted molar refractivity (Wildman–Crippen MR) is 58.5 cm³/mol. The van der Waals surface area contributed by atoms with E-state index in [0.29, 0.717) is 16.1 Å². The molecule has 0 atom stereocenters. The monoisotopic (exact) mass is 269 g/mol. The zero-order valence-electron chi connectivity index (χ0n) is 6.85. The van der Waals surface area contributed by atoms with Gasteiger partial charge < -0.3 is 0 Å². The summed E-state index contributed by atoms with van der Waals surface area (Å²) in [4.78, 5) is 0. The Morgan fingerprint density at radius 3 is 2.14 bits per heavy atom. The van der Waals surface area contributed by atoms with E-state index in [9.17, 15) is 0 Å². The van der Waals surface area contributed by atoms with Gasteiger partial charge in [-0.1, -0.05) is 51.6 Å². The van der Waals surface area contributed by atoms with Gasteiger partial charge in [-0.3, -0.25) is 0 Å². The number of benzene rings is 1. The molecule has 0 aliphatic rings. The minimum atomic E-state index is 0.200. The average Bonchev–Trinajstić information content (AvgIpc) is 2.54. The third-order valence-corrected chi connectivity index (χ3v) is 3.60. The quantitative estimate of drug-likeness (QED) is 0.541. The van der Waals surface area contributed by atoms with Crippen LogP contribution < -0.4 is 0 Å². The second kappa shape index (κ2) is 3.42. The van der Waals surface area contributed by atoms with Crippen LogP contribution in [0.5, 0.6) is 0 Å². The molecule has 0 bridgehead atoms. The van der Waals surface area contributed by atoms with Crippen molar-refractivity contribution >= 4 is 57.4 Å². The minimum Gasteiger partial charge on any atom is -0.246 e. The van der Waals surface area contributed by atoms with Crippen LogP contribution in [0.1, 0.15) is 0 Å². The smallest absolute Gasteiger partial charge is 0.134 e. The van der Waals surface area contributed by atoms with Gasteiger partial charge in [-0.05, 0) is 0 Å². The van der Waals surface area contributed by atoms with Crippen molar-refractivity contribution in [1.82, 2.24) is 15.0 Å². The van der Waals surface area contributed by atoms with E-state index in [1.165, 1.54) is 4.68 Å². The van der Waals surface area contributed by atoms with Gasteiger partial charge in [0, 0.05) is 7.05 Å². The average molecular weight is 271 g/mol. The first-order valence-corrected chi connectivity index (χ1v) is 5.06. The van der Waals surface area contributed by atoms with Crippen LogP contribution in [0.25, 0.3) is 11.0 Å². The van der Waals surface area contributed by atoms with Gasteiger partial charge in [0.25, 0.3) is 0 Å². The number of nitrogens with zero attached hydrogens (tertiary/aromatic N) is 3. The molecule has 0 amide bonds. The Balaban J connectivity index is 3.05. The fourth-order valence-corrected chi connectivity index (χ4v) is 2.14. The maximum absolute atomic E-state index is 5.97. The Morgan fingerprint density at radius 2 is 1.50 bits per heavy atom. The molecular formula is C7H3Cl4N3. The third kappa shape index (κ3) is 1.27. The second-order valence-electron chi connectivity index (χ2n) is 2.67. The van der Waals surface area contributed by atoms with Gasteiger partial charge in [0.05, 0.1) is 20.1 Å². The van der Waals surface area contributed by atoms with Crippen molar-refractivity contribution in [3.05, 3.63) is 20.1 Å². The summed E-state index contributed by atoms with van der Waals surface area (Å²) in [5, 5.41) is 8.61. The number of fused-ring (bicyclic) bond motifs is 1. The summed E-state index contributed by atoms with van der Waals surface area (Å²) in [6.07, 6.45) is 0. The van der Waals surface area contributed by atoms with Crippen molar-refractivity contribution in [2.75, 3.05) is 0 Å². The molecule has 2 rings (SSSR count). The van der Waals surface area contributed by atoms with E-state index in [1.54, 1.807) is 7.05 Å². The lowest BCUT2D eigenvalue weighted by atomic mass is 10.3. The van der Waals surface area contributed by atoms with Crippen LogP contribution in [0, 0.1) is 0 Å². The highest BCUT2D eigenvalue weighted by molar-refractivity contribution is 6.54. The number of aryl methyl sites for hydroxylation is 1. The predicted octanol–water partition coefficient (Wildman–Crippen LogP) is 3.58. The van der Waals surface area contributed by atoms with Crippen molar-refractivity contribution in [1.29, 1.82) is 0 Å². The lowest BCUT2D eigenvalue weighted by Gasteiger charge is -2.03. The molecule has 0 N–H and O–H groups in total. The van der Waals surface area contributed by atoms with Crippen molar-refractivity contribution < 1.29 is 0 Å². The zero-order valence-corrected chi connectivity index (χ0v) is 9.88. The summed E-state index contributed by atoms with van der Waals surface area (Å²) in [7, 11) is 1.70. The Morgan fingerprint density at radius 1 is 0.929 bits per heavy atom. The molecule has 14 heavy (non-hydrogen) atoms. The van der Waals surface area contributed by atoms with E-state index in [-0.39, 0.29) is 15.1 Å². The zero-order chi connectivity index (χ0) is 10.5. The van der Waals surface area contributed by atoms with E-state index in [2.05, 4.69) is 10.3 Å². The molecule has 1 aromatic heterocycles. The maximum atomic E-state index is 5.97. The van der Waals surface area contributed by atoms with Crippen LogP contribution >= 0.6 is 46.4 Å². The first-order chi connectivity index (χ1) is 6.54. The second-order valence-corrected chi connectivity index (χ2v) is 4.18. The Kier molecular flexibility index (Phi) is 2.52. The van der Waals surface area contributed by atoms with Crippen molar-refractivity contribution in [3.8, 4) is 0 Å². The van der Waals surface area contributed by atoms with Crippen molar-refractivity contribution in [3.63, 3.8) is 0 Å². The van der Waals surface area contributed by atoms with Crippen LogP contribution in [0.4, 0.5) is 0 Å². The van der Waals surface area contributed by atoms with Gasteiger partial charge in [0.15, 0.2) is 0 Å². The van der Waals surface area contributed by atoms with Crippen LogP contribution in [-0.4, -0.2) is 15.0 Å². The molecule has 7 heteroatoms. The van der Waals surface area contributed by atoms with Gasteiger partial charge >= 0.3 is 0 Å². The number of hydrogen-bond donors (Lipinski definition) is 0. The van der Waals surface area contributed by atoms with Gasteiger partial charge in [0.1, 0.15) is 11.0 Å². The van der Waals surface area contributed by atoms with Crippen LogP contribution in [0.3, 0.4) is 0 Å². The largest absolute Gasteiger partial charge is 0.246 e. The summed E-state index contributed by atoms with van der Waals surface area (Å²) >= 11 is 23.6. The van der Waals surface area contributed by atoms with Crippen LogP contribution in [0.15, 0.2) is 0 Å². The molecule has 74 valence electrons. The molecule has 0 unspecified atom stereocenters. The number of rotatable bonds is 0. The van der Waals surface area contributed by atoms with E-state index in [0.717, 1.165) is 0 Å². The Hall–Kier alpha value is -0.220. The fraction of sp³-hybridized carbons (Fsp3) is 0.143. The fourth-order valence-electron chi connectivity index (χ4n) is 1.15. The Labute approximate surface area is 99.5 Å². The molecule has 0 aliphatic heterocycles. The minimum absolute atomic E-state index is 0.200. The highest BCUT2D eigenvalue weighted by Gasteiger charge is 2.18. The lowest BCUT2D eigenvalue weighted by Crippen LogP contribution is -1.90. The molecule has 0 fully saturated rings. The number of hydrogen-bond acceptors (Lipinski definition) is 2. The first-order valence-electron chi connectivity index (χ1n) is 3.55. The molecule has 0 saturated carbocycles. The summed E-state index contributed by atoms with van der Waals surface area (Å²) < 4.78 is 1.49. The number of halogens is 4. The SMILES string of the molecule is Cn1nnc2c(Cl)c(Cl)c(Cl)c(Cl)c21. The highest BCUT2D eigenvalue weighted by Crippen LogP contribution is 2.41. The van der Waals surface area contributed by atoms with Gasteiger partial charge in [-0.25, -0.2) is 4.68 Å². The molecule has 1 aromatic carbocycles. The molecule has 3 nitrogen and oxygen atoms in total. The van der Waals surface area contributed by atoms with E-state index >= 15 is 0 Å². The van der Waals surface area contributed by atoms with E-state index < -0.39 is 0 Å². The summed E-state index contributed by atoms with van der Waals surface area (Å²) in [5.41, 5.74) is 1.03. The standard InChI is InChI=1S/C7H3Cl4N3/c1-14-7-5(11)3(9)2(8)4(10)6(7)12-13-14/h1H3. The highest BCUT2D eigenvalue weighted by atomic mass is 35.5. The normalized spacial score (nSPS) is 11.2. The molecule has 2 aromatic rings. The van der Waals surface area contributed by atoms with Crippen molar-refractivity contribution in [2.24, 2.45) is 7.05 Å². The topological polar surface area (TPSA) is 30.7 Å². The van der Waals surface area contributed by atoms with Crippen LogP contribution in [0.2, 0.25) is 20.1 Å². The third-order valence-electron chi connectivity index (χ3n) is 1.82. The maximum Gasteiger partial charge on any atom is 0.134 e. The lowest BCUT2D eigenvalue weighted by molar-refractivity contribution is 0.736. The van der Waals surface area contributed by atoms with E-state index in [4.69, 9.17) is 46.4 Å². The van der Waals surface area contributed by atoms with Crippen molar-refractivity contribution in [2.45, 2.75) is 0 Å². The molecular weight excluding hydrogens is 268 g/mol. The van der Waals surface area contributed by atoms with Gasteiger partial charge in [-0.2, -0.15) is 0 Å². The molecule has 0 aliphatic carbocycles. The first kappa shape index (κ1) is 10.3. The molecule has 0 spiro atoms. The summed E-state index contributed by atoms with van der Waals surface area (Å²) in [6.45, 7) is 0. The molecule has 1 heterocycles. The van der Waals surface area contributed by atoms with Crippen LogP contribution in [-0.2, 0) is 7.05 Å². The Bertz CT molecular complexity index is 519.